The fraction of sp³-hybridized carbons (Fsp3) is 0.143. The van der Waals surface area contributed by atoms with Crippen molar-refractivity contribution in [3.05, 3.63) is 360 Å². The van der Waals surface area contributed by atoms with Crippen molar-refractivity contribution in [3.63, 3.8) is 0 Å². The number of carbonyl (C=O) groups is 8. The molecule has 0 saturated carbocycles. The van der Waals surface area contributed by atoms with Gasteiger partial charge >= 0.3 is 0 Å². The van der Waals surface area contributed by atoms with E-state index in [4.69, 9.17) is 0 Å². The van der Waals surface area contributed by atoms with Gasteiger partial charge in [-0.1, -0.05) is 326 Å². The van der Waals surface area contributed by atoms with Gasteiger partial charge < -0.3 is 0 Å². The summed E-state index contributed by atoms with van der Waals surface area (Å²) in [6, 6.07) is 85.1. The van der Waals surface area contributed by atoms with Crippen LogP contribution >= 0.6 is 0 Å². The highest BCUT2D eigenvalue weighted by atomic mass is 16.2. The van der Waals surface area contributed by atoms with Crippen LogP contribution in [0.1, 0.15) is 162 Å². The van der Waals surface area contributed by atoms with Gasteiger partial charge in [0.15, 0.2) is 46.3 Å². The van der Waals surface area contributed by atoms with Gasteiger partial charge in [-0.05, 0) is 133 Å². The van der Waals surface area contributed by atoms with Crippen molar-refractivity contribution < 1.29 is 38.4 Å². The molecule has 12 aromatic carbocycles. The number of fused-ring (bicyclic) bond motifs is 9. The Kier molecular flexibility index (Phi) is 34.9. The molecule has 0 N–H and O–H groups in total. The van der Waals surface area contributed by atoms with E-state index >= 15 is 0 Å². The van der Waals surface area contributed by atoms with Gasteiger partial charge in [-0.3, -0.25) is 38.4 Å². The molecule has 502 valence electrons. The van der Waals surface area contributed by atoms with Crippen LogP contribution in [0.25, 0.3) is 53.9 Å². The number of ketones is 8. The molecule has 8 heteroatoms. The van der Waals surface area contributed by atoms with Gasteiger partial charge in [-0.25, -0.2) is 0 Å². The fourth-order valence-electron chi connectivity index (χ4n) is 10.2. The number of carbonyl (C=O) groups excluding carboxylic acids is 8. The highest BCUT2D eigenvalue weighted by Gasteiger charge is 2.28. The van der Waals surface area contributed by atoms with E-state index in [9.17, 15) is 38.4 Å². The summed E-state index contributed by atoms with van der Waals surface area (Å²) in [5, 5.41) is 13.2. The topological polar surface area (TPSA) is 137 Å². The zero-order valence-electron chi connectivity index (χ0n) is 59.2. The summed E-state index contributed by atoms with van der Waals surface area (Å²) in [5.41, 5.74) is 5.42. The van der Waals surface area contributed by atoms with Gasteiger partial charge in [0.25, 0.3) is 0 Å². The third-order valence-corrected chi connectivity index (χ3v) is 14.7. The molecule has 8 nitrogen and oxygen atoms in total. The number of hydrogen-bond donors (Lipinski definition) is 0. The standard InChI is InChI=1S/C15H12.C14H8O2.C14H10.2C10H6O2.C10H8.C6H4O2.6C2H6/c1-11-14-8-4-2-6-12(14)10-13-7-3-5-9-15(11)13;15-13-9-5-1-2-6-10(9)14(16)12-8-4-3-7-11(12)13;1-2-6-12-10-14-8-4-3-7-13(14)9-11(12)5-1;2*11-9-5-6-10(12)8-4-2-1-3-7(8)9;1-2-6-10-8-4-3-7-9(10)5-1;7-5-1-2-6(8)4-3-5;6*1-2/h2-10H,1H3;1-8H;1-10H;2*1-6H;1-8H;1-4H;6*1-2H3. The predicted molar refractivity (Wildman–Crippen MR) is 416 cm³/mol. The molecule has 12 aromatic rings. The SMILES string of the molecule is CC.CC.CC.CC.CC.CC.Cc1c2ccccc2cc2ccccc12.O=C1C=CC(=O)C=C1.O=C1C=CC(=O)c2ccccc21.O=C1C=CC(=O)c2ccccc21.O=C1c2ccccc2C(=O)c2ccccc21.c1ccc2cc3ccccc3cc2c1.c1ccc2ccccc2c1. The quantitative estimate of drug-likeness (QED) is 0.108. The summed E-state index contributed by atoms with van der Waals surface area (Å²) in [6.07, 6.45) is 10.2. The number of hydrogen-bond acceptors (Lipinski definition) is 8. The van der Waals surface area contributed by atoms with E-state index in [1.54, 1.807) is 97.1 Å². The van der Waals surface area contributed by atoms with Crippen LogP contribution in [0.15, 0.2) is 309 Å². The van der Waals surface area contributed by atoms with Crippen molar-refractivity contribution in [1.29, 1.82) is 0 Å². The second-order valence-corrected chi connectivity index (χ2v) is 20.3. The Bertz CT molecular complexity index is 4300. The summed E-state index contributed by atoms with van der Waals surface area (Å²) >= 11 is 0. The number of aryl methyl sites for hydroxylation is 1. The van der Waals surface area contributed by atoms with Crippen LogP contribution in [0, 0.1) is 6.92 Å². The summed E-state index contributed by atoms with van der Waals surface area (Å²) in [4.78, 5) is 89.5. The molecular weight excluding hydrogens is 1220 g/mol. The maximum atomic E-state index is 12.1. The Balaban J connectivity index is 0.000000241. The lowest BCUT2D eigenvalue weighted by Crippen LogP contribution is -2.20. The minimum Gasteiger partial charge on any atom is -0.290 e. The summed E-state index contributed by atoms with van der Waals surface area (Å²) in [6.45, 7) is 26.2. The van der Waals surface area contributed by atoms with Crippen molar-refractivity contribution in [1.82, 2.24) is 0 Å². The van der Waals surface area contributed by atoms with Crippen molar-refractivity contribution in [2.24, 2.45) is 0 Å². The Labute approximate surface area is 584 Å². The first kappa shape index (κ1) is 79.7. The lowest BCUT2D eigenvalue weighted by molar-refractivity contribution is -0.113. The van der Waals surface area contributed by atoms with Crippen LogP contribution in [0.4, 0.5) is 0 Å². The second kappa shape index (κ2) is 43.4. The second-order valence-electron chi connectivity index (χ2n) is 20.3. The maximum absolute atomic E-state index is 12.1. The zero-order valence-corrected chi connectivity index (χ0v) is 59.2. The molecule has 4 aliphatic carbocycles. The minimum atomic E-state index is -0.121. The molecule has 4 aliphatic rings. The molecule has 0 fully saturated rings. The number of allylic oxidation sites excluding steroid dienone is 8. The summed E-state index contributed by atoms with van der Waals surface area (Å²) in [5.74, 6) is -0.739. The molecule has 0 bridgehead atoms. The average Bonchev–Trinajstić information content (AvgIpc) is 0.773. The highest BCUT2D eigenvalue weighted by Crippen LogP contribution is 2.29. The van der Waals surface area contributed by atoms with E-state index in [-0.39, 0.29) is 46.3 Å². The molecule has 0 unspecified atom stereocenters. The molecule has 0 heterocycles. The first-order valence-corrected chi connectivity index (χ1v) is 34.0. The number of rotatable bonds is 0. The van der Waals surface area contributed by atoms with Crippen LogP contribution in [0.2, 0.25) is 0 Å². The molecule has 0 aromatic heterocycles. The zero-order chi connectivity index (χ0) is 72.7. The summed E-state index contributed by atoms with van der Waals surface area (Å²) in [7, 11) is 0. The van der Waals surface area contributed by atoms with Crippen LogP contribution in [-0.2, 0) is 9.59 Å². The third kappa shape index (κ3) is 22.2. The van der Waals surface area contributed by atoms with Gasteiger partial charge in [0, 0.05) is 44.5 Å². The average molecular weight is 1310 g/mol. The molecule has 0 atom stereocenters. The van der Waals surface area contributed by atoms with E-state index in [0.717, 1.165) is 0 Å². The molecule has 99 heavy (non-hydrogen) atoms. The van der Waals surface area contributed by atoms with Crippen molar-refractivity contribution in [2.45, 2.75) is 90.0 Å². The first-order chi connectivity index (χ1) is 48.4. The van der Waals surface area contributed by atoms with Crippen molar-refractivity contribution >= 4 is 100 Å². The Hall–Kier alpha value is -11.7. The van der Waals surface area contributed by atoms with E-state index in [1.165, 1.54) is 108 Å². The lowest BCUT2D eigenvalue weighted by atomic mass is 9.84. The first-order valence-electron chi connectivity index (χ1n) is 34.0. The number of benzene rings is 12. The molecular formula is C91H90O8. The van der Waals surface area contributed by atoms with Crippen LogP contribution in [-0.4, -0.2) is 46.3 Å². The Morgan fingerprint density at radius 2 is 0.354 bits per heavy atom. The van der Waals surface area contributed by atoms with Crippen LogP contribution in [0.3, 0.4) is 0 Å². The molecule has 0 radical (unpaired) electrons. The largest absolute Gasteiger partial charge is 0.290 e. The lowest BCUT2D eigenvalue weighted by Gasteiger charge is -2.16. The van der Waals surface area contributed by atoms with E-state index in [1.807, 2.05) is 83.1 Å². The van der Waals surface area contributed by atoms with Gasteiger partial charge in [-0.2, -0.15) is 0 Å². The molecule has 16 rings (SSSR count). The molecule has 0 saturated heterocycles. The van der Waals surface area contributed by atoms with Gasteiger partial charge in [0.2, 0.25) is 0 Å². The normalized spacial score (nSPS) is 11.7. The fourth-order valence-corrected chi connectivity index (χ4v) is 10.2. The van der Waals surface area contributed by atoms with E-state index < -0.39 is 0 Å². The highest BCUT2D eigenvalue weighted by molar-refractivity contribution is 6.28. The summed E-state index contributed by atoms with van der Waals surface area (Å²) < 4.78 is 0. The van der Waals surface area contributed by atoms with Crippen molar-refractivity contribution in [3.8, 4) is 0 Å². The Morgan fingerprint density at radius 1 is 0.182 bits per heavy atom. The predicted octanol–water partition coefficient (Wildman–Crippen LogP) is 23.2. The van der Waals surface area contributed by atoms with Crippen LogP contribution in [0.5, 0.6) is 0 Å². The van der Waals surface area contributed by atoms with Gasteiger partial charge in [0.05, 0.1) is 0 Å². The Morgan fingerprint density at radius 3 is 0.586 bits per heavy atom. The van der Waals surface area contributed by atoms with Gasteiger partial charge in [0.1, 0.15) is 0 Å². The van der Waals surface area contributed by atoms with Crippen LogP contribution < -0.4 is 0 Å². The van der Waals surface area contributed by atoms with Crippen molar-refractivity contribution in [2.75, 3.05) is 0 Å². The maximum Gasteiger partial charge on any atom is 0.194 e. The monoisotopic (exact) mass is 1310 g/mol. The molecule has 0 amide bonds. The smallest absolute Gasteiger partial charge is 0.194 e. The van der Waals surface area contributed by atoms with E-state index in [0.29, 0.717) is 44.5 Å². The minimum absolute atomic E-state index is 0.0641. The third-order valence-electron chi connectivity index (χ3n) is 14.7. The molecule has 0 spiro atoms. The van der Waals surface area contributed by atoms with Gasteiger partial charge in [-0.15, -0.1) is 0 Å². The molecule has 0 aliphatic heterocycles. The van der Waals surface area contributed by atoms with E-state index in [2.05, 4.69) is 171 Å².